The first kappa shape index (κ1) is 7.51. The lowest BCUT2D eigenvalue weighted by Gasteiger charge is -2.41. The molecule has 0 aromatic heterocycles. The summed E-state index contributed by atoms with van der Waals surface area (Å²) in [5.74, 6) is -0.539. The molecule has 2 rings (SSSR count). The van der Waals surface area contributed by atoms with Crippen molar-refractivity contribution in [2.24, 2.45) is 5.92 Å². The molecule has 0 saturated heterocycles. The van der Waals surface area contributed by atoms with Gasteiger partial charge in [0.2, 0.25) is 0 Å². The van der Waals surface area contributed by atoms with Gasteiger partial charge in [0.15, 0.2) is 0 Å². The maximum atomic E-state index is 11.2. The van der Waals surface area contributed by atoms with E-state index in [1.54, 1.807) is 12.1 Å². The Bertz CT molecular complexity index is 560. The summed E-state index contributed by atoms with van der Waals surface area (Å²) >= 11 is 0. The standard InChI is InChI=1S/C15H23NO2/c1-16(2)11-13-6-3-4-9-15(13,18)12-7-5-8-14(17)10-12/h5,7-8,10,13,17-18H,3-4,6,9,11H2,1-2H3/t13-,15+/m1/s1/i1D3,2D3. The molecule has 100 valence electrons. The van der Waals surface area contributed by atoms with Crippen molar-refractivity contribution in [1.29, 1.82) is 0 Å². The minimum atomic E-state index is -2.78. The molecule has 3 nitrogen and oxygen atoms in total. The Labute approximate surface area is 117 Å². The highest BCUT2D eigenvalue weighted by Gasteiger charge is 2.40. The summed E-state index contributed by atoms with van der Waals surface area (Å²) in [5.41, 5.74) is -0.866. The van der Waals surface area contributed by atoms with E-state index in [1.807, 2.05) is 0 Å². The Morgan fingerprint density at radius 2 is 2.28 bits per heavy atom. The maximum Gasteiger partial charge on any atom is 0.115 e. The van der Waals surface area contributed by atoms with Gasteiger partial charge in [-0.1, -0.05) is 25.0 Å². The minimum Gasteiger partial charge on any atom is -0.508 e. The zero-order chi connectivity index (χ0) is 18.2. The molecule has 1 aliphatic rings. The number of phenolic OH excluding ortho intramolecular Hbond substituents is 1. The van der Waals surface area contributed by atoms with Gasteiger partial charge in [-0.3, -0.25) is 0 Å². The molecule has 0 amide bonds. The topological polar surface area (TPSA) is 43.7 Å². The highest BCUT2D eigenvalue weighted by molar-refractivity contribution is 5.32. The van der Waals surface area contributed by atoms with Crippen molar-refractivity contribution in [1.82, 2.24) is 4.90 Å². The molecule has 2 atom stereocenters. The number of benzene rings is 1. The van der Waals surface area contributed by atoms with Gasteiger partial charge in [-0.2, -0.15) is 0 Å². The van der Waals surface area contributed by atoms with Crippen LogP contribution in [-0.2, 0) is 5.60 Å². The summed E-state index contributed by atoms with van der Waals surface area (Å²) in [4.78, 5) is 0.504. The minimum absolute atomic E-state index is 0.00810. The Morgan fingerprint density at radius 1 is 1.44 bits per heavy atom. The third kappa shape index (κ3) is 2.68. The lowest BCUT2D eigenvalue weighted by Crippen LogP contribution is -2.43. The SMILES string of the molecule is [2H]C([2H])([2H])N(C[C@H]1CCCC[C@]1(O)c1cccc(O)c1)C([2H])([2H])[2H]. The normalized spacial score (nSPS) is 34.9. The van der Waals surface area contributed by atoms with Gasteiger partial charge >= 0.3 is 0 Å². The number of nitrogens with zero attached hydrogens (tertiary/aromatic N) is 1. The molecule has 3 heteroatoms. The molecule has 1 saturated carbocycles. The lowest BCUT2D eigenvalue weighted by atomic mass is 9.71. The third-order valence-electron chi connectivity index (χ3n) is 3.78. The number of hydrogen-bond donors (Lipinski definition) is 2. The predicted molar refractivity (Wildman–Crippen MR) is 72.5 cm³/mol. The number of aromatic hydroxyl groups is 1. The summed E-state index contributed by atoms with van der Waals surface area (Å²) in [6.07, 6.45) is 2.47. The summed E-state index contributed by atoms with van der Waals surface area (Å²) in [5, 5.41) is 20.9. The first-order valence-electron chi connectivity index (χ1n) is 9.24. The monoisotopic (exact) mass is 255 g/mol. The van der Waals surface area contributed by atoms with Crippen LogP contribution in [0.3, 0.4) is 0 Å². The Balaban J connectivity index is 2.35. The highest BCUT2D eigenvalue weighted by atomic mass is 16.3. The van der Waals surface area contributed by atoms with Crippen molar-refractivity contribution < 1.29 is 18.4 Å². The van der Waals surface area contributed by atoms with Gasteiger partial charge in [0.25, 0.3) is 0 Å². The van der Waals surface area contributed by atoms with Crippen LogP contribution in [0.2, 0.25) is 0 Å². The van der Waals surface area contributed by atoms with E-state index in [4.69, 9.17) is 8.22 Å². The van der Waals surface area contributed by atoms with Gasteiger partial charge in [0.1, 0.15) is 5.75 Å². The maximum absolute atomic E-state index is 11.2. The fourth-order valence-electron chi connectivity index (χ4n) is 2.85. The van der Waals surface area contributed by atoms with Crippen molar-refractivity contribution in [3.63, 3.8) is 0 Å². The van der Waals surface area contributed by atoms with Crippen molar-refractivity contribution in [2.45, 2.75) is 31.3 Å². The molecule has 0 unspecified atom stereocenters. The summed E-state index contributed by atoms with van der Waals surface area (Å²) in [6.45, 7) is -5.82. The second kappa shape index (κ2) is 5.29. The molecule has 2 N–H and O–H groups in total. The van der Waals surface area contributed by atoms with Crippen LogP contribution in [0.15, 0.2) is 24.3 Å². The first-order chi connectivity index (χ1) is 10.9. The largest absolute Gasteiger partial charge is 0.508 e. The summed E-state index contributed by atoms with van der Waals surface area (Å²) < 4.78 is 45.1. The van der Waals surface area contributed by atoms with E-state index >= 15 is 0 Å². The zero-order valence-corrected chi connectivity index (χ0v) is 10.3. The fraction of sp³-hybridized carbons (Fsp3) is 0.600. The van der Waals surface area contributed by atoms with Gasteiger partial charge in [0.05, 0.1) is 5.60 Å². The van der Waals surface area contributed by atoms with E-state index in [2.05, 4.69) is 0 Å². The second-order valence-corrected chi connectivity index (χ2v) is 5.03. The van der Waals surface area contributed by atoms with E-state index in [1.165, 1.54) is 12.1 Å². The summed E-state index contributed by atoms with van der Waals surface area (Å²) in [7, 11) is 0. The van der Waals surface area contributed by atoms with Crippen LogP contribution < -0.4 is 0 Å². The van der Waals surface area contributed by atoms with Gasteiger partial charge in [-0.15, -0.1) is 0 Å². The average molecular weight is 255 g/mol. The van der Waals surface area contributed by atoms with E-state index < -0.39 is 25.5 Å². The fourth-order valence-corrected chi connectivity index (χ4v) is 2.85. The molecule has 1 fully saturated rings. The van der Waals surface area contributed by atoms with E-state index in [0.29, 0.717) is 23.3 Å². The lowest BCUT2D eigenvalue weighted by molar-refractivity contribution is -0.0619. The van der Waals surface area contributed by atoms with Gasteiger partial charge in [0, 0.05) is 20.7 Å². The molecule has 18 heavy (non-hydrogen) atoms. The molecule has 0 heterocycles. The molecule has 0 spiro atoms. The van der Waals surface area contributed by atoms with Crippen molar-refractivity contribution in [2.75, 3.05) is 20.5 Å². The molecular formula is C15H23NO2. The number of rotatable bonds is 3. The molecule has 1 aromatic rings. The second-order valence-electron chi connectivity index (χ2n) is 5.03. The van der Waals surface area contributed by atoms with E-state index in [0.717, 1.165) is 12.8 Å². The molecule has 0 radical (unpaired) electrons. The number of aliphatic hydroxyl groups is 1. The van der Waals surface area contributed by atoms with Gasteiger partial charge in [-0.25, -0.2) is 0 Å². The van der Waals surface area contributed by atoms with Crippen LogP contribution in [-0.4, -0.2) is 35.6 Å². The smallest absolute Gasteiger partial charge is 0.115 e. The first-order valence-corrected chi connectivity index (χ1v) is 6.24. The van der Waals surface area contributed by atoms with Crippen LogP contribution in [0.4, 0.5) is 0 Å². The molecule has 1 aromatic carbocycles. The average Bonchev–Trinajstić information content (AvgIpc) is 2.43. The van der Waals surface area contributed by atoms with Crippen molar-refractivity contribution in [3.8, 4) is 5.75 Å². The van der Waals surface area contributed by atoms with Crippen LogP contribution in [0.1, 0.15) is 39.5 Å². The van der Waals surface area contributed by atoms with Gasteiger partial charge in [-0.05, 0) is 44.5 Å². The highest BCUT2D eigenvalue weighted by Crippen LogP contribution is 2.42. The van der Waals surface area contributed by atoms with Gasteiger partial charge < -0.3 is 15.1 Å². The molecule has 1 aliphatic carbocycles. The molecule has 0 bridgehead atoms. The van der Waals surface area contributed by atoms with Crippen LogP contribution >= 0.6 is 0 Å². The molecular weight excluding hydrogens is 226 g/mol. The Morgan fingerprint density at radius 3 is 3.00 bits per heavy atom. The van der Waals surface area contributed by atoms with Crippen molar-refractivity contribution >= 4 is 0 Å². The van der Waals surface area contributed by atoms with Crippen molar-refractivity contribution in [3.05, 3.63) is 29.8 Å². The van der Waals surface area contributed by atoms with Crippen LogP contribution in [0.5, 0.6) is 5.75 Å². The number of phenols is 1. The zero-order valence-electron chi connectivity index (χ0n) is 16.3. The summed E-state index contributed by atoms with van der Waals surface area (Å²) in [6, 6.07) is 6.22. The Kier molecular flexibility index (Phi) is 2.21. The van der Waals surface area contributed by atoms with E-state index in [-0.39, 0.29) is 12.3 Å². The van der Waals surface area contributed by atoms with Crippen LogP contribution in [0, 0.1) is 5.92 Å². The molecule has 0 aliphatic heterocycles. The quantitative estimate of drug-likeness (QED) is 0.871. The van der Waals surface area contributed by atoms with Crippen LogP contribution in [0.25, 0.3) is 0 Å². The number of hydrogen-bond acceptors (Lipinski definition) is 3. The predicted octanol–water partition coefficient (Wildman–Crippen LogP) is 2.33. The Hall–Kier alpha value is -1.06. The van der Waals surface area contributed by atoms with E-state index in [9.17, 15) is 10.2 Å². The third-order valence-corrected chi connectivity index (χ3v) is 3.78.